The third-order valence-corrected chi connectivity index (χ3v) is 2.69. The number of nitrogens with zero attached hydrogens (tertiary/aromatic N) is 2. The zero-order valence-electron chi connectivity index (χ0n) is 8.35. The molecule has 5 nitrogen and oxygen atoms in total. The summed E-state index contributed by atoms with van der Waals surface area (Å²) in [6.45, 7) is 0. The number of carboxylic acids is 1. The van der Waals surface area contributed by atoms with Crippen LogP contribution >= 0.6 is 23.2 Å². The van der Waals surface area contributed by atoms with Gasteiger partial charge in [-0.2, -0.15) is 4.98 Å². The van der Waals surface area contributed by atoms with Crippen LogP contribution in [0.3, 0.4) is 0 Å². The number of carbonyl (C=O) groups is 1. The third-order valence-electron chi connectivity index (χ3n) is 1.95. The van der Waals surface area contributed by atoms with Crippen LogP contribution in [-0.2, 0) is 11.2 Å². The van der Waals surface area contributed by atoms with Gasteiger partial charge < -0.3 is 9.63 Å². The number of aliphatic carboxylic acids is 1. The van der Waals surface area contributed by atoms with Crippen molar-refractivity contribution in [3.63, 3.8) is 0 Å². The fourth-order valence-corrected chi connectivity index (χ4v) is 1.51. The van der Waals surface area contributed by atoms with Crippen LogP contribution in [0.5, 0.6) is 0 Å². The van der Waals surface area contributed by atoms with E-state index in [0.29, 0.717) is 15.6 Å². The molecule has 1 N–H and O–H groups in total. The van der Waals surface area contributed by atoms with Crippen molar-refractivity contribution in [3.05, 3.63) is 34.1 Å². The van der Waals surface area contributed by atoms with Crippen LogP contribution in [0, 0.1) is 0 Å². The topological polar surface area (TPSA) is 76.2 Å². The van der Waals surface area contributed by atoms with Crippen molar-refractivity contribution in [3.8, 4) is 11.4 Å². The van der Waals surface area contributed by atoms with Gasteiger partial charge in [0.25, 0.3) is 0 Å². The quantitative estimate of drug-likeness (QED) is 0.930. The van der Waals surface area contributed by atoms with E-state index in [1.165, 1.54) is 0 Å². The number of carboxylic acid groups (broad SMARTS) is 1. The van der Waals surface area contributed by atoms with Gasteiger partial charge in [-0.05, 0) is 18.2 Å². The van der Waals surface area contributed by atoms with Crippen LogP contribution in [0.25, 0.3) is 11.4 Å². The van der Waals surface area contributed by atoms with Gasteiger partial charge in [0, 0.05) is 5.56 Å². The molecule has 0 bridgehead atoms. The Balaban J connectivity index is 2.30. The van der Waals surface area contributed by atoms with Crippen molar-refractivity contribution in [2.24, 2.45) is 0 Å². The summed E-state index contributed by atoms with van der Waals surface area (Å²) in [5.41, 5.74) is 0.611. The van der Waals surface area contributed by atoms with Crippen LogP contribution in [0.1, 0.15) is 5.89 Å². The molecule has 0 fully saturated rings. The van der Waals surface area contributed by atoms with E-state index >= 15 is 0 Å². The Labute approximate surface area is 106 Å². The number of halogens is 2. The average molecular weight is 273 g/mol. The maximum atomic E-state index is 10.4. The minimum absolute atomic E-state index is 0.0403. The first-order valence-corrected chi connectivity index (χ1v) is 5.31. The fraction of sp³-hybridized carbons (Fsp3) is 0.100. The summed E-state index contributed by atoms with van der Waals surface area (Å²) in [6, 6.07) is 4.86. The molecule has 1 heterocycles. The van der Waals surface area contributed by atoms with Crippen LogP contribution in [0.15, 0.2) is 22.7 Å². The van der Waals surface area contributed by atoms with Gasteiger partial charge in [-0.3, -0.25) is 4.79 Å². The molecule has 1 aromatic heterocycles. The Morgan fingerprint density at radius 1 is 1.35 bits per heavy atom. The number of hydrogen-bond acceptors (Lipinski definition) is 4. The Morgan fingerprint density at radius 2 is 2.12 bits per heavy atom. The summed E-state index contributed by atoms with van der Waals surface area (Å²) in [5, 5.41) is 13.0. The smallest absolute Gasteiger partial charge is 0.312 e. The summed E-state index contributed by atoms with van der Waals surface area (Å²) >= 11 is 11.6. The second-order valence-electron chi connectivity index (χ2n) is 3.21. The highest BCUT2D eigenvalue weighted by Crippen LogP contribution is 2.26. The lowest BCUT2D eigenvalue weighted by Crippen LogP contribution is -1.99. The van der Waals surface area contributed by atoms with Crippen LogP contribution in [0.2, 0.25) is 10.0 Å². The predicted molar refractivity (Wildman–Crippen MR) is 61.1 cm³/mol. The maximum absolute atomic E-state index is 10.4. The lowest BCUT2D eigenvalue weighted by atomic mass is 10.2. The minimum Gasteiger partial charge on any atom is -0.481 e. The molecule has 0 unspecified atom stereocenters. The Bertz CT molecular complexity index is 568. The maximum Gasteiger partial charge on any atom is 0.312 e. The highest BCUT2D eigenvalue weighted by Gasteiger charge is 2.12. The first kappa shape index (κ1) is 11.9. The van der Waals surface area contributed by atoms with Gasteiger partial charge in [0.15, 0.2) is 0 Å². The molecule has 0 spiro atoms. The lowest BCUT2D eigenvalue weighted by molar-refractivity contribution is -0.136. The standard InChI is InChI=1S/C10H6Cl2N2O3/c11-6-2-1-5(3-7(6)12)10-13-8(17-14-10)4-9(15)16/h1-3H,4H2,(H,15,16). The van der Waals surface area contributed by atoms with E-state index in [0.717, 1.165) is 0 Å². The second kappa shape index (κ2) is 4.73. The van der Waals surface area contributed by atoms with Crippen LogP contribution in [0.4, 0.5) is 0 Å². The van der Waals surface area contributed by atoms with Crippen molar-refractivity contribution < 1.29 is 14.4 Å². The molecule has 0 saturated carbocycles. The van der Waals surface area contributed by atoms with Gasteiger partial charge in [-0.1, -0.05) is 28.4 Å². The summed E-state index contributed by atoms with van der Waals surface area (Å²) in [5.74, 6) is -0.715. The van der Waals surface area contributed by atoms with Crippen molar-refractivity contribution in [2.45, 2.75) is 6.42 Å². The Hall–Kier alpha value is -1.59. The molecule has 0 amide bonds. The van der Waals surface area contributed by atoms with Gasteiger partial charge in [0.1, 0.15) is 6.42 Å². The summed E-state index contributed by atoms with van der Waals surface area (Å²) < 4.78 is 4.78. The van der Waals surface area contributed by atoms with Gasteiger partial charge in [-0.15, -0.1) is 0 Å². The van der Waals surface area contributed by atoms with Crippen molar-refractivity contribution in [1.29, 1.82) is 0 Å². The summed E-state index contributed by atoms with van der Waals surface area (Å²) in [4.78, 5) is 14.4. The van der Waals surface area contributed by atoms with Crippen molar-refractivity contribution in [1.82, 2.24) is 10.1 Å². The lowest BCUT2D eigenvalue weighted by Gasteiger charge is -1.97. The number of benzene rings is 1. The zero-order valence-corrected chi connectivity index (χ0v) is 9.87. The molecule has 0 radical (unpaired) electrons. The molecular formula is C10H6Cl2N2O3. The molecule has 17 heavy (non-hydrogen) atoms. The van der Waals surface area contributed by atoms with Gasteiger partial charge in [0.05, 0.1) is 10.0 Å². The third kappa shape index (κ3) is 2.75. The Morgan fingerprint density at radius 3 is 2.76 bits per heavy atom. The number of aromatic nitrogens is 2. The molecule has 88 valence electrons. The fourth-order valence-electron chi connectivity index (χ4n) is 1.21. The molecule has 0 aliphatic carbocycles. The number of rotatable bonds is 3. The summed E-state index contributed by atoms with van der Waals surface area (Å²) in [6.07, 6.45) is -0.311. The van der Waals surface area contributed by atoms with Crippen LogP contribution in [-0.4, -0.2) is 21.2 Å². The first-order chi connectivity index (χ1) is 8.06. The molecule has 1 aromatic carbocycles. The van der Waals surface area contributed by atoms with E-state index < -0.39 is 5.97 Å². The molecule has 2 rings (SSSR count). The predicted octanol–water partition coefficient (Wildman–Crippen LogP) is 2.67. The molecule has 0 atom stereocenters. The zero-order chi connectivity index (χ0) is 12.4. The van der Waals surface area contributed by atoms with E-state index in [4.69, 9.17) is 32.8 Å². The molecule has 2 aromatic rings. The minimum atomic E-state index is -1.03. The molecular weight excluding hydrogens is 267 g/mol. The van der Waals surface area contributed by atoms with E-state index in [1.54, 1.807) is 18.2 Å². The van der Waals surface area contributed by atoms with Gasteiger partial charge >= 0.3 is 5.97 Å². The second-order valence-corrected chi connectivity index (χ2v) is 4.03. The van der Waals surface area contributed by atoms with E-state index in [-0.39, 0.29) is 18.1 Å². The summed E-state index contributed by atoms with van der Waals surface area (Å²) in [7, 11) is 0. The largest absolute Gasteiger partial charge is 0.481 e. The normalized spacial score (nSPS) is 10.5. The highest BCUT2D eigenvalue weighted by atomic mass is 35.5. The highest BCUT2D eigenvalue weighted by molar-refractivity contribution is 6.42. The molecule has 7 heteroatoms. The molecule has 0 saturated heterocycles. The average Bonchev–Trinajstić information content (AvgIpc) is 2.69. The SMILES string of the molecule is O=C(O)Cc1nc(-c2ccc(Cl)c(Cl)c2)no1. The van der Waals surface area contributed by atoms with E-state index in [2.05, 4.69) is 10.1 Å². The van der Waals surface area contributed by atoms with Gasteiger partial charge in [-0.25, -0.2) is 0 Å². The van der Waals surface area contributed by atoms with Crippen molar-refractivity contribution in [2.75, 3.05) is 0 Å². The first-order valence-electron chi connectivity index (χ1n) is 4.56. The van der Waals surface area contributed by atoms with E-state index in [9.17, 15) is 4.79 Å². The molecule has 0 aliphatic heterocycles. The monoisotopic (exact) mass is 272 g/mol. The molecule has 0 aliphatic rings. The van der Waals surface area contributed by atoms with Gasteiger partial charge in [0.2, 0.25) is 11.7 Å². The Kier molecular flexibility index (Phi) is 3.31. The van der Waals surface area contributed by atoms with Crippen LogP contribution < -0.4 is 0 Å². The van der Waals surface area contributed by atoms with E-state index in [1.807, 2.05) is 0 Å². The number of hydrogen-bond donors (Lipinski definition) is 1. The van der Waals surface area contributed by atoms with Crippen molar-refractivity contribution >= 4 is 29.2 Å².